The van der Waals surface area contributed by atoms with Gasteiger partial charge >= 0.3 is 0 Å². The van der Waals surface area contributed by atoms with E-state index in [0.29, 0.717) is 31.2 Å². The summed E-state index contributed by atoms with van der Waals surface area (Å²) < 4.78 is 7.22. The van der Waals surface area contributed by atoms with Crippen molar-refractivity contribution in [2.24, 2.45) is 7.05 Å². The first kappa shape index (κ1) is 16.5. The lowest BCUT2D eigenvalue weighted by Gasteiger charge is -2.19. The molecule has 1 amide bonds. The molecule has 6 nitrogen and oxygen atoms in total. The number of rotatable bonds is 5. The first-order valence-corrected chi connectivity index (χ1v) is 8.31. The smallest absolute Gasteiger partial charge is 0.225 e. The number of nitrogens with zero attached hydrogens (tertiary/aromatic N) is 2. The third-order valence-electron chi connectivity index (χ3n) is 4.32. The van der Waals surface area contributed by atoms with Gasteiger partial charge in [-0.2, -0.15) is 5.10 Å². The number of aromatic nitrogens is 2. The van der Waals surface area contributed by atoms with Crippen LogP contribution >= 0.6 is 0 Å². The van der Waals surface area contributed by atoms with Gasteiger partial charge in [0, 0.05) is 32.1 Å². The number of phenols is 1. The van der Waals surface area contributed by atoms with Gasteiger partial charge in [-0.05, 0) is 37.0 Å². The SMILES string of the molecule is Cn1nc(C2CCCOC2)cc1NC(=O)CCc1ccc(O)cc1. The van der Waals surface area contributed by atoms with Crippen LogP contribution in [0.1, 0.15) is 36.4 Å². The number of anilines is 1. The van der Waals surface area contributed by atoms with Crippen LogP contribution in [-0.2, 0) is 23.0 Å². The minimum absolute atomic E-state index is 0.0440. The van der Waals surface area contributed by atoms with Gasteiger partial charge < -0.3 is 15.2 Å². The molecule has 128 valence electrons. The summed E-state index contributed by atoms with van der Waals surface area (Å²) >= 11 is 0. The van der Waals surface area contributed by atoms with Gasteiger partial charge in [-0.3, -0.25) is 9.48 Å². The summed E-state index contributed by atoms with van der Waals surface area (Å²) in [6.45, 7) is 1.52. The third-order valence-corrected chi connectivity index (χ3v) is 4.32. The van der Waals surface area contributed by atoms with E-state index in [4.69, 9.17) is 4.74 Å². The number of hydrogen-bond donors (Lipinski definition) is 2. The first-order valence-electron chi connectivity index (χ1n) is 8.31. The van der Waals surface area contributed by atoms with E-state index in [2.05, 4.69) is 10.4 Å². The number of aryl methyl sites for hydroxylation is 2. The highest BCUT2D eigenvalue weighted by molar-refractivity contribution is 5.90. The Balaban J connectivity index is 1.55. The van der Waals surface area contributed by atoms with Crippen LogP contribution in [0.4, 0.5) is 5.82 Å². The summed E-state index contributed by atoms with van der Waals surface area (Å²) in [6, 6.07) is 8.86. The molecule has 2 heterocycles. The Bertz CT molecular complexity index is 688. The maximum Gasteiger partial charge on any atom is 0.225 e. The van der Waals surface area contributed by atoms with E-state index >= 15 is 0 Å². The van der Waals surface area contributed by atoms with E-state index < -0.39 is 0 Å². The molecule has 1 unspecified atom stereocenters. The molecule has 1 aromatic heterocycles. The van der Waals surface area contributed by atoms with Crippen molar-refractivity contribution in [1.82, 2.24) is 9.78 Å². The summed E-state index contributed by atoms with van der Waals surface area (Å²) in [5, 5.41) is 16.7. The maximum absolute atomic E-state index is 12.2. The lowest BCUT2D eigenvalue weighted by atomic mass is 9.99. The van der Waals surface area contributed by atoms with Crippen molar-refractivity contribution >= 4 is 11.7 Å². The van der Waals surface area contributed by atoms with Gasteiger partial charge in [0.2, 0.25) is 5.91 Å². The predicted molar refractivity (Wildman–Crippen MR) is 91.1 cm³/mol. The van der Waals surface area contributed by atoms with Crippen LogP contribution < -0.4 is 5.32 Å². The van der Waals surface area contributed by atoms with Crippen LogP contribution in [0.5, 0.6) is 5.75 Å². The van der Waals surface area contributed by atoms with Crippen LogP contribution in [0.25, 0.3) is 0 Å². The van der Waals surface area contributed by atoms with E-state index in [1.165, 1.54) is 0 Å². The second-order valence-corrected chi connectivity index (χ2v) is 6.21. The lowest BCUT2D eigenvalue weighted by molar-refractivity contribution is -0.116. The van der Waals surface area contributed by atoms with Gasteiger partial charge in [0.1, 0.15) is 11.6 Å². The molecule has 1 aliphatic heterocycles. The van der Waals surface area contributed by atoms with E-state index in [0.717, 1.165) is 30.7 Å². The Morgan fingerprint density at radius 1 is 1.42 bits per heavy atom. The predicted octanol–water partition coefficient (Wildman–Crippen LogP) is 2.59. The number of carbonyl (C=O) groups excluding carboxylic acids is 1. The third kappa shape index (κ3) is 4.14. The van der Waals surface area contributed by atoms with Crippen LogP contribution in [0.15, 0.2) is 30.3 Å². The van der Waals surface area contributed by atoms with Crippen molar-refractivity contribution in [3.05, 3.63) is 41.6 Å². The molecule has 0 radical (unpaired) electrons. The monoisotopic (exact) mass is 329 g/mol. The van der Waals surface area contributed by atoms with Crippen LogP contribution in [-0.4, -0.2) is 34.0 Å². The zero-order valence-electron chi connectivity index (χ0n) is 13.9. The zero-order valence-corrected chi connectivity index (χ0v) is 13.9. The highest BCUT2D eigenvalue weighted by Crippen LogP contribution is 2.26. The van der Waals surface area contributed by atoms with Crippen molar-refractivity contribution in [3.63, 3.8) is 0 Å². The molecule has 1 fully saturated rings. The largest absolute Gasteiger partial charge is 0.508 e. The fourth-order valence-corrected chi connectivity index (χ4v) is 2.91. The number of phenolic OH excluding ortho intramolecular Hbond substituents is 1. The number of ether oxygens (including phenoxy) is 1. The number of carbonyl (C=O) groups is 1. The number of amides is 1. The van der Waals surface area contributed by atoms with E-state index in [-0.39, 0.29) is 11.7 Å². The first-order chi connectivity index (χ1) is 11.6. The summed E-state index contributed by atoms with van der Waals surface area (Å²) in [5.41, 5.74) is 2.00. The summed E-state index contributed by atoms with van der Waals surface area (Å²) in [6.07, 6.45) is 3.14. The topological polar surface area (TPSA) is 76.4 Å². The fraction of sp³-hybridized carbons (Fsp3) is 0.444. The van der Waals surface area contributed by atoms with Gasteiger partial charge in [0.25, 0.3) is 0 Å². The molecule has 1 aliphatic rings. The molecule has 1 atom stereocenters. The normalized spacial score (nSPS) is 17.6. The number of hydrogen-bond acceptors (Lipinski definition) is 4. The molecule has 0 aliphatic carbocycles. The molecule has 1 saturated heterocycles. The number of benzene rings is 1. The number of aromatic hydroxyl groups is 1. The van der Waals surface area contributed by atoms with Crippen molar-refractivity contribution < 1.29 is 14.6 Å². The highest BCUT2D eigenvalue weighted by atomic mass is 16.5. The zero-order chi connectivity index (χ0) is 16.9. The van der Waals surface area contributed by atoms with E-state index in [1.807, 2.05) is 25.2 Å². The second kappa shape index (κ2) is 7.49. The van der Waals surface area contributed by atoms with Gasteiger partial charge in [0.05, 0.1) is 12.3 Å². The molecule has 24 heavy (non-hydrogen) atoms. The Kier molecular flexibility index (Phi) is 5.15. The minimum Gasteiger partial charge on any atom is -0.508 e. The van der Waals surface area contributed by atoms with Crippen LogP contribution in [0.2, 0.25) is 0 Å². The van der Waals surface area contributed by atoms with Gasteiger partial charge in [-0.25, -0.2) is 0 Å². The van der Waals surface area contributed by atoms with Crippen molar-refractivity contribution in [3.8, 4) is 5.75 Å². The van der Waals surface area contributed by atoms with E-state index in [1.54, 1.807) is 16.8 Å². The van der Waals surface area contributed by atoms with Crippen molar-refractivity contribution in [2.75, 3.05) is 18.5 Å². The van der Waals surface area contributed by atoms with Crippen LogP contribution in [0.3, 0.4) is 0 Å². The van der Waals surface area contributed by atoms with Crippen molar-refractivity contribution in [2.45, 2.75) is 31.6 Å². The molecular weight excluding hydrogens is 306 g/mol. The van der Waals surface area contributed by atoms with Crippen LogP contribution in [0, 0.1) is 0 Å². The molecule has 3 rings (SSSR count). The summed E-state index contributed by atoms with van der Waals surface area (Å²) in [7, 11) is 1.84. The lowest BCUT2D eigenvalue weighted by Crippen LogP contribution is -2.16. The van der Waals surface area contributed by atoms with Gasteiger partial charge in [-0.15, -0.1) is 0 Å². The molecule has 1 aromatic carbocycles. The van der Waals surface area contributed by atoms with Gasteiger partial charge in [0.15, 0.2) is 0 Å². The average Bonchev–Trinajstić information content (AvgIpc) is 2.96. The molecule has 2 N–H and O–H groups in total. The maximum atomic E-state index is 12.2. The standard InChI is InChI=1S/C18H23N3O3/c1-21-17(11-16(20-21)14-3-2-10-24-12-14)19-18(23)9-6-13-4-7-15(22)8-5-13/h4-5,7-8,11,14,22H,2-3,6,9-10,12H2,1H3,(H,19,23). The Morgan fingerprint density at radius 2 is 2.21 bits per heavy atom. The highest BCUT2D eigenvalue weighted by Gasteiger charge is 2.20. The number of nitrogens with one attached hydrogen (secondary N) is 1. The van der Waals surface area contributed by atoms with Gasteiger partial charge in [-0.1, -0.05) is 12.1 Å². The quantitative estimate of drug-likeness (QED) is 0.884. The Labute approximate surface area is 141 Å². The minimum atomic E-state index is -0.0440. The fourth-order valence-electron chi connectivity index (χ4n) is 2.91. The second-order valence-electron chi connectivity index (χ2n) is 6.21. The summed E-state index contributed by atoms with van der Waals surface area (Å²) in [4.78, 5) is 12.2. The molecule has 6 heteroatoms. The molecule has 2 aromatic rings. The molecule has 0 bridgehead atoms. The molecule has 0 spiro atoms. The van der Waals surface area contributed by atoms with Crippen molar-refractivity contribution in [1.29, 1.82) is 0 Å². The Morgan fingerprint density at radius 3 is 2.92 bits per heavy atom. The molecular formula is C18H23N3O3. The molecule has 0 saturated carbocycles. The summed E-state index contributed by atoms with van der Waals surface area (Å²) in [5.74, 6) is 1.22. The average molecular weight is 329 g/mol. The van der Waals surface area contributed by atoms with E-state index in [9.17, 15) is 9.90 Å². The Hall–Kier alpha value is -2.34.